The number of rotatable bonds is 2. The van der Waals surface area contributed by atoms with Gasteiger partial charge in [0.1, 0.15) is 5.56 Å². The minimum absolute atomic E-state index is 0.121. The van der Waals surface area contributed by atoms with E-state index in [0.29, 0.717) is 12.1 Å². The molecule has 0 heterocycles. The van der Waals surface area contributed by atoms with Gasteiger partial charge in [0.15, 0.2) is 11.6 Å². The number of nitro benzene ring substituents is 1. The van der Waals surface area contributed by atoms with Gasteiger partial charge in [0.05, 0.1) is 11.0 Å². The number of nitro groups is 1. The van der Waals surface area contributed by atoms with Crippen molar-refractivity contribution >= 4 is 5.69 Å². The van der Waals surface area contributed by atoms with Gasteiger partial charge in [0.2, 0.25) is 6.54 Å². The smallest absolute Gasteiger partial charge is 0.283 e. The first-order valence-corrected chi connectivity index (χ1v) is 3.51. The van der Waals surface area contributed by atoms with E-state index in [4.69, 9.17) is 6.57 Å². The molecule has 0 bridgehead atoms. The van der Waals surface area contributed by atoms with Crippen molar-refractivity contribution in [3.8, 4) is 0 Å². The van der Waals surface area contributed by atoms with Gasteiger partial charge in [-0.3, -0.25) is 10.1 Å². The van der Waals surface area contributed by atoms with Gasteiger partial charge >= 0.3 is 0 Å². The van der Waals surface area contributed by atoms with E-state index >= 15 is 0 Å². The van der Waals surface area contributed by atoms with Crippen LogP contribution in [0.1, 0.15) is 5.56 Å². The standard InChI is InChI=1S/C8H4F2N2O2/c1-11-4-5-2-6(9)7(10)3-8(5)12(13)14/h2-3H,4H2. The van der Waals surface area contributed by atoms with Gasteiger partial charge in [0, 0.05) is 0 Å². The maximum Gasteiger partial charge on any atom is 0.283 e. The maximum absolute atomic E-state index is 12.6. The van der Waals surface area contributed by atoms with Crippen LogP contribution in [0.4, 0.5) is 14.5 Å². The van der Waals surface area contributed by atoms with E-state index in [0.717, 1.165) is 0 Å². The Hall–Kier alpha value is -2.03. The van der Waals surface area contributed by atoms with Crippen molar-refractivity contribution in [2.75, 3.05) is 0 Å². The average Bonchev–Trinajstić information content (AvgIpc) is 2.11. The third-order valence-electron chi connectivity index (χ3n) is 1.57. The second-order valence-electron chi connectivity index (χ2n) is 2.47. The van der Waals surface area contributed by atoms with Gasteiger partial charge in [-0.05, 0) is 6.07 Å². The molecule has 0 amide bonds. The van der Waals surface area contributed by atoms with Gasteiger partial charge in [0.25, 0.3) is 5.69 Å². The summed E-state index contributed by atoms with van der Waals surface area (Å²) in [6.07, 6.45) is 0. The highest BCUT2D eigenvalue weighted by Gasteiger charge is 2.19. The molecule has 0 unspecified atom stereocenters. The molecule has 4 nitrogen and oxygen atoms in total. The molecule has 0 radical (unpaired) electrons. The molecule has 0 N–H and O–H groups in total. The highest BCUT2D eigenvalue weighted by atomic mass is 19.2. The van der Waals surface area contributed by atoms with E-state index in [9.17, 15) is 18.9 Å². The number of benzene rings is 1. The molecule has 1 aromatic rings. The van der Waals surface area contributed by atoms with Crippen molar-refractivity contribution in [1.82, 2.24) is 0 Å². The number of hydrogen-bond donors (Lipinski definition) is 0. The Morgan fingerprint density at radius 2 is 2.00 bits per heavy atom. The van der Waals surface area contributed by atoms with E-state index in [1.165, 1.54) is 0 Å². The zero-order chi connectivity index (χ0) is 10.7. The fourth-order valence-electron chi connectivity index (χ4n) is 0.959. The van der Waals surface area contributed by atoms with E-state index in [1.54, 1.807) is 0 Å². The fourth-order valence-corrected chi connectivity index (χ4v) is 0.959. The fraction of sp³-hybridized carbons (Fsp3) is 0.125. The van der Waals surface area contributed by atoms with Crippen LogP contribution in [0.2, 0.25) is 0 Å². The SMILES string of the molecule is [C-]#[N+]Cc1cc(F)c(F)cc1[N+](=O)[O-]. The lowest BCUT2D eigenvalue weighted by molar-refractivity contribution is -0.385. The van der Waals surface area contributed by atoms with Crippen molar-refractivity contribution in [2.45, 2.75) is 6.54 Å². The normalized spacial score (nSPS) is 9.50. The van der Waals surface area contributed by atoms with E-state index < -0.39 is 22.2 Å². The first kappa shape index (κ1) is 10.1. The topological polar surface area (TPSA) is 47.5 Å². The molecule has 0 atom stereocenters. The number of halogens is 2. The summed E-state index contributed by atoms with van der Waals surface area (Å²) >= 11 is 0. The Kier molecular flexibility index (Phi) is 2.72. The van der Waals surface area contributed by atoms with Crippen LogP contribution in [0, 0.1) is 28.3 Å². The molecule has 0 aromatic heterocycles. The van der Waals surface area contributed by atoms with Crippen molar-refractivity contribution in [3.05, 3.63) is 50.9 Å². The lowest BCUT2D eigenvalue weighted by Gasteiger charge is -1.97. The quantitative estimate of drug-likeness (QED) is 0.415. The Morgan fingerprint density at radius 1 is 1.43 bits per heavy atom. The average molecular weight is 198 g/mol. The van der Waals surface area contributed by atoms with Crippen LogP contribution in [-0.2, 0) is 6.54 Å². The summed E-state index contributed by atoms with van der Waals surface area (Å²) in [5, 5.41) is 10.4. The van der Waals surface area contributed by atoms with Crippen LogP contribution in [0.3, 0.4) is 0 Å². The molecule has 0 fully saturated rings. The van der Waals surface area contributed by atoms with E-state index in [-0.39, 0.29) is 12.1 Å². The molecular formula is C8H4F2N2O2. The molecule has 0 aliphatic carbocycles. The van der Waals surface area contributed by atoms with Crippen molar-refractivity contribution in [3.63, 3.8) is 0 Å². The molecule has 0 aliphatic rings. The summed E-state index contributed by atoms with van der Waals surface area (Å²) in [7, 11) is 0. The molecule has 0 spiro atoms. The van der Waals surface area contributed by atoms with Crippen molar-refractivity contribution < 1.29 is 13.7 Å². The molecule has 1 aromatic carbocycles. The summed E-state index contributed by atoms with van der Waals surface area (Å²) in [5.74, 6) is -2.47. The minimum Gasteiger partial charge on any atom is -0.311 e. The van der Waals surface area contributed by atoms with Crippen molar-refractivity contribution in [2.24, 2.45) is 0 Å². The van der Waals surface area contributed by atoms with E-state index in [1.807, 2.05) is 0 Å². The van der Waals surface area contributed by atoms with Gasteiger partial charge in [-0.25, -0.2) is 15.4 Å². The van der Waals surface area contributed by atoms with Crippen LogP contribution in [-0.4, -0.2) is 4.92 Å². The molecule has 0 saturated heterocycles. The molecule has 0 saturated carbocycles. The Balaban J connectivity index is 3.32. The second kappa shape index (κ2) is 3.79. The summed E-state index contributed by atoms with van der Waals surface area (Å²) in [6.45, 7) is 6.15. The molecule has 0 aliphatic heterocycles. The monoisotopic (exact) mass is 198 g/mol. The van der Waals surface area contributed by atoms with Gasteiger partial charge in [-0.2, -0.15) is 0 Å². The van der Waals surface area contributed by atoms with Crippen LogP contribution >= 0.6 is 0 Å². The third kappa shape index (κ3) is 1.82. The summed E-state index contributed by atoms with van der Waals surface area (Å²) in [5.41, 5.74) is -0.691. The van der Waals surface area contributed by atoms with Crippen LogP contribution in [0.15, 0.2) is 12.1 Å². The summed E-state index contributed by atoms with van der Waals surface area (Å²) in [4.78, 5) is 12.4. The summed E-state index contributed by atoms with van der Waals surface area (Å²) < 4.78 is 25.2. The van der Waals surface area contributed by atoms with Crippen LogP contribution in [0.25, 0.3) is 4.85 Å². The zero-order valence-corrected chi connectivity index (χ0v) is 6.83. The Labute approximate surface area is 77.7 Å². The Morgan fingerprint density at radius 3 is 2.50 bits per heavy atom. The number of nitrogens with zero attached hydrogens (tertiary/aromatic N) is 2. The predicted octanol–water partition coefficient (Wildman–Crippen LogP) is 2.29. The van der Waals surface area contributed by atoms with E-state index in [2.05, 4.69) is 4.85 Å². The molecule has 1 rings (SSSR count). The largest absolute Gasteiger partial charge is 0.311 e. The van der Waals surface area contributed by atoms with Gasteiger partial charge < -0.3 is 4.85 Å². The third-order valence-corrected chi connectivity index (χ3v) is 1.57. The molecular weight excluding hydrogens is 194 g/mol. The molecule has 14 heavy (non-hydrogen) atoms. The molecule has 6 heteroatoms. The Bertz CT molecular complexity index is 426. The van der Waals surface area contributed by atoms with Gasteiger partial charge in [-0.15, -0.1) is 0 Å². The zero-order valence-electron chi connectivity index (χ0n) is 6.83. The van der Waals surface area contributed by atoms with Crippen LogP contribution in [0.5, 0.6) is 0 Å². The maximum atomic E-state index is 12.6. The van der Waals surface area contributed by atoms with Crippen molar-refractivity contribution in [1.29, 1.82) is 0 Å². The second-order valence-corrected chi connectivity index (χ2v) is 2.47. The first-order valence-electron chi connectivity index (χ1n) is 3.51. The molecule has 72 valence electrons. The van der Waals surface area contributed by atoms with Crippen LogP contribution < -0.4 is 0 Å². The predicted molar refractivity (Wildman–Crippen MR) is 43.3 cm³/mol. The minimum atomic E-state index is -1.29. The lowest BCUT2D eigenvalue weighted by Crippen LogP contribution is -1.97. The lowest BCUT2D eigenvalue weighted by atomic mass is 10.1. The highest BCUT2D eigenvalue weighted by molar-refractivity contribution is 5.41. The van der Waals surface area contributed by atoms with Gasteiger partial charge in [-0.1, -0.05) is 0 Å². The first-order chi connectivity index (χ1) is 6.56. The summed E-state index contributed by atoms with van der Waals surface area (Å²) in [6, 6.07) is 1.15. The number of hydrogen-bond acceptors (Lipinski definition) is 2. The highest BCUT2D eigenvalue weighted by Crippen LogP contribution is 2.22.